The van der Waals surface area contributed by atoms with E-state index in [0.29, 0.717) is 12.4 Å². The van der Waals surface area contributed by atoms with Crippen molar-refractivity contribution in [2.45, 2.75) is 13.5 Å². The number of nitrogens with one attached hydrogen (secondary N) is 1. The normalized spacial score (nSPS) is 10.8. The predicted octanol–water partition coefficient (Wildman–Crippen LogP) is 2.73. The lowest BCUT2D eigenvalue weighted by Crippen LogP contribution is -2.01. The molecule has 0 amide bonds. The summed E-state index contributed by atoms with van der Waals surface area (Å²) in [5, 5.41) is 4.21. The van der Waals surface area contributed by atoms with Gasteiger partial charge in [0.2, 0.25) is 5.89 Å². The van der Waals surface area contributed by atoms with Crippen molar-refractivity contribution in [3.8, 4) is 0 Å². The fourth-order valence-electron chi connectivity index (χ4n) is 1.89. The number of anilines is 2. The molecule has 0 atom stereocenters. The van der Waals surface area contributed by atoms with Gasteiger partial charge >= 0.3 is 0 Å². The number of rotatable bonds is 3. The van der Waals surface area contributed by atoms with Gasteiger partial charge in [-0.15, -0.1) is 0 Å². The monoisotopic (exact) mass is 254 g/mol. The van der Waals surface area contributed by atoms with E-state index in [0.717, 1.165) is 28.2 Å². The first-order valence-corrected chi connectivity index (χ1v) is 6.02. The fraction of sp³-hybridized carbons (Fsp3) is 0.143. The molecule has 0 saturated carbocycles. The molecule has 0 bridgehead atoms. The number of aryl methyl sites for hydroxylation is 1. The Hall–Kier alpha value is -2.56. The van der Waals surface area contributed by atoms with Crippen LogP contribution in [0.5, 0.6) is 0 Å². The van der Waals surface area contributed by atoms with Crippen molar-refractivity contribution in [1.82, 2.24) is 9.97 Å². The first-order valence-electron chi connectivity index (χ1n) is 6.02. The van der Waals surface area contributed by atoms with Gasteiger partial charge in [-0.25, -0.2) is 9.97 Å². The lowest BCUT2D eigenvalue weighted by atomic mass is 10.2. The lowest BCUT2D eigenvalue weighted by Gasteiger charge is -2.05. The number of aromatic nitrogens is 2. The standard InChI is InChI=1S/C14H14N4O/c1-9-7-17-14(19-9)8-16-13-5-2-10-6-11(15)3-4-12(10)18-13/h2-7H,8,15H2,1H3,(H,16,18). The van der Waals surface area contributed by atoms with Crippen molar-refractivity contribution in [3.05, 3.63) is 48.2 Å². The van der Waals surface area contributed by atoms with Crippen LogP contribution in [-0.2, 0) is 6.54 Å². The third-order valence-corrected chi connectivity index (χ3v) is 2.80. The van der Waals surface area contributed by atoms with Crippen molar-refractivity contribution in [1.29, 1.82) is 0 Å². The molecular formula is C14H14N4O. The molecule has 3 N–H and O–H groups in total. The van der Waals surface area contributed by atoms with Crippen LogP contribution in [0, 0.1) is 6.92 Å². The number of nitrogens with zero attached hydrogens (tertiary/aromatic N) is 2. The summed E-state index contributed by atoms with van der Waals surface area (Å²) in [6.45, 7) is 2.39. The second-order valence-corrected chi connectivity index (χ2v) is 4.37. The van der Waals surface area contributed by atoms with Gasteiger partial charge in [-0.1, -0.05) is 0 Å². The minimum absolute atomic E-state index is 0.515. The van der Waals surface area contributed by atoms with Crippen LogP contribution in [0.2, 0.25) is 0 Å². The second kappa shape index (κ2) is 4.61. The van der Waals surface area contributed by atoms with E-state index in [1.54, 1.807) is 6.20 Å². The molecule has 5 heteroatoms. The molecule has 0 spiro atoms. The highest BCUT2D eigenvalue weighted by molar-refractivity contribution is 5.83. The van der Waals surface area contributed by atoms with E-state index < -0.39 is 0 Å². The van der Waals surface area contributed by atoms with Crippen LogP contribution in [0.1, 0.15) is 11.7 Å². The Bertz CT molecular complexity index is 720. The molecule has 5 nitrogen and oxygen atoms in total. The first-order chi connectivity index (χ1) is 9.20. The maximum atomic E-state index is 5.73. The number of nitrogens with two attached hydrogens (primary N) is 1. The molecule has 96 valence electrons. The lowest BCUT2D eigenvalue weighted by molar-refractivity contribution is 0.479. The van der Waals surface area contributed by atoms with Crippen LogP contribution in [0.15, 0.2) is 40.9 Å². The van der Waals surface area contributed by atoms with E-state index in [2.05, 4.69) is 15.3 Å². The quantitative estimate of drug-likeness (QED) is 0.703. The smallest absolute Gasteiger partial charge is 0.213 e. The largest absolute Gasteiger partial charge is 0.444 e. The van der Waals surface area contributed by atoms with Crippen molar-refractivity contribution in [2.24, 2.45) is 0 Å². The molecule has 0 aliphatic rings. The Morgan fingerprint density at radius 2 is 2.16 bits per heavy atom. The van der Waals surface area contributed by atoms with E-state index in [1.165, 1.54) is 0 Å². The van der Waals surface area contributed by atoms with Gasteiger partial charge in [-0.05, 0) is 37.3 Å². The Kier molecular flexibility index (Phi) is 2.79. The highest BCUT2D eigenvalue weighted by atomic mass is 16.4. The van der Waals surface area contributed by atoms with Crippen LogP contribution in [-0.4, -0.2) is 9.97 Å². The van der Waals surface area contributed by atoms with Crippen molar-refractivity contribution < 1.29 is 4.42 Å². The van der Waals surface area contributed by atoms with Crippen molar-refractivity contribution in [3.63, 3.8) is 0 Å². The Labute approximate surface area is 110 Å². The molecule has 0 fully saturated rings. The number of pyridine rings is 1. The molecule has 19 heavy (non-hydrogen) atoms. The van der Waals surface area contributed by atoms with E-state index in [1.807, 2.05) is 37.3 Å². The molecule has 2 heterocycles. The molecular weight excluding hydrogens is 240 g/mol. The van der Waals surface area contributed by atoms with E-state index in [4.69, 9.17) is 10.2 Å². The summed E-state index contributed by atoms with van der Waals surface area (Å²) < 4.78 is 5.39. The minimum atomic E-state index is 0.515. The number of nitrogen functional groups attached to an aromatic ring is 1. The molecule has 2 aromatic heterocycles. The van der Waals surface area contributed by atoms with Gasteiger partial charge in [0, 0.05) is 11.1 Å². The third-order valence-electron chi connectivity index (χ3n) is 2.80. The van der Waals surface area contributed by atoms with Gasteiger partial charge in [0.15, 0.2) is 0 Å². The summed E-state index contributed by atoms with van der Waals surface area (Å²) in [6.07, 6.45) is 1.70. The zero-order valence-corrected chi connectivity index (χ0v) is 10.6. The summed E-state index contributed by atoms with van der Waals surface area (Å²) >= 11 is 0. The van der Waals surface area contributed by atoms with Crippen LogP contribution >= 0.6 is 0 Å². The average molecular weight is 254 g/mol. The molecule has 0 unspecified atom stereocenters. The fourth-order valence-corrected chi connectivity index (χ4v) is 1.89. The van der Waals surface area contributed by atoms with Gasteiger partial charge in [-0.2, -0.15) is 0 Å². The number of hydrogen-bond donors (Lipinski definition) is 2. The third kappa shape index (κ3) is 2.49. The molecule has 0 saturated heterocycles. The van der Waals surface area contributed by atoms with Gasteiger partial charge in [0.25, 0.3) is 0 Å². The zero-order chi connectivity index (χ0) is 13.2. The van der Waals surface area contributed by atoms with Crippen LogP contribution in [0.4, 0.5) is 11.5 Å². The predicted molar refractivity (Wildman–Crippen MR) is 74.7 cm³/mol. The molecule has 0 aliphatic heterocycles. The van der Waals surface area contributed by atoms with E-state index in [9.17, 15) is 0 Å². The van der Waals surface area contributed by atoms with E-state index >= 15 is 0 Å². The Morgan fingerprint density at radius 3 is 2.95 bits per heavy atom. The zero-order valence-electron chi connectivity index (χ0n) is 10.6. The molecule has 3 aromatic rings. The van der Waals surface area contributed by atoms with Gasteiger partial charge in [0.05, 0.1) is 18.3 Å². The van der Waals surface area contributed by atoms with Crippen LogP contribution in [0.25, 0.3) is 10.9 Å². The Morgan fingerprint density at radius 1 is 1.26 bits per heavy atom. The highest BCUT2D eigenvalue weighted by Gasteiger charge is 2.02. The highest BCUT2D eigenvalue weighted by Crippen LogP contribution is 2.18. The summed E-state index contributed by atoms with van der Waals surface area (Å²) in [5.74, 6) is 2.24. The average Bonchev–Trinajstić information content (AvgIpc) is 2.82. The summed E-state index contributed by atoms with van der Waals surface area (Å²) in [4.78, 5) is 8.63. The topological polar surface area (TPSA) is 77.0 Å². The second-order valence-electron chi connectivity index (χ2n) is 4.37. The van der Waals surface area contributed by atoms with Crippen molar-refractivity contribution >= 4 is 22.4 Å². The van der Waals surface area contributed by atoms with Gasteiger partial charge in [-0.3, -0.25) is 0 Å². The molecule has 0 radical (unpaired) electrons. The molecule has 3 rings (SSSR count). The van der Waals surface area contributed by atoms with E-state index in [-0.39, 0.29) is 0 Å². The number of oxazole rings is 1. The number of benzene rings is 1. The minimum Gasteiger partial charge on any atom is -0.444 e. The maximum Gasteiger partial charge on any atom is 0.213 e. The first kappa shape index (κ1) is 11.5. The van der Waals surface area contributed by atoms with Crippen LogP contribution < -0.4 is 11.1 Å². The summed E-state index contributed by atoms with van der Waals surface area (Å²) in [5.41, 5.74) is 7.38. The summed E-state index contributed by atoms with van der Waals surface area (Å²) in [6, 6.07) is 9.56. The number of hydrogen-bond acceptors (Lipinski definition) is 5. The van der Waals surface area contributed by atoms with Gasteiger partial charge in [0.1, 0.15) is 11.6 Å². The SMILES string of the molecule is Cc1cnc(CNc2ccc3cc(N)ccc3n2)o1. The van der Waals surface area contributed by atoms with Gasteiger partial charge < -0.3 is 15.5 Å². The number of fused-ring (bicyclic) bond motifs is 1. The maximum absolute atomic E-state index is 5.73. The molecule has 1 aromatic carbocycles. The Balaban J connectivity index is 1.79. The van der Waals surface area contributed by atoms with Crippen LogP contribution in [0.3, 0.4) is 0 Å². The molecule has 0 aliphatic carbocycles. The summed E-state index contributed by atoms with van der Waals surface area (Å²) in [7, 11) is 0. The van der Waals surface area contributed by atoms with Crippen molar-refractivity contribution in [2.75, 3.05) is 11.1 Å².